The van der Waals surface area contributed by atoms with E-state index < -0.39 is 0 Å². The van der Waals surface area contributed by atoms with Gasteiger partial charge < -0.3 is 9.47 Å². The van der Waals surface area contributed by atoms with E-state index in [0.29, 0.717) is 19.1 Å². The van der Waals surface area contributed by atoms with Crippen LogP contribution in [0, 0.1) is 0 Å². The smallest absolute Gasteiger partial charge is 0.270 e. The summed E-state index contributed by atoms with van der Waals surface area (Å²) in [6, 6.07) is 8.19. The monoisotopic (exact) mass is 347 g/mol. The Labute approximate surface area is 132 Å². The first-order chi connectivity index (χ1) is 10.2. The normalized spacial score (nSPS) is 14.2. The van der Waals surface area contributed by atoms with Crippen molar-refractivity contribution in [1.29, 1.82) is 0 Å². The van der Waals surface area contributed by atoms with Crippen LogP contribution in [0.15, 0.2) is 41.1 Å². The number of aromatic nitrogens is 2. The highest BCUT2D eigenvalue weighted by molar-refractivity contribution is 9.10. The fraction of sp³-hybridized carbons (Fsp3) is 0.375. The van der Waals surface area contributed by atoms with E-state index >= 15 is 0 Å². The van der Waals surface area contributed by atoms with Crippen LogP contribution < -0.4 is 0 Å². The van der Waals surface area contributed by atoms with Gasteiger partial charge in [0.05, 0.1) is 12.2 Å². The first kappa shape index (κ1) is 14.3. The highest BCUT2D eigenvalue weighted by atomic mass is 79.9. The lowest BCUT2D eigenvalue weighted by Crippen LogP contribution is -2.32. The predicted molar refractivity (Wildman–Crippen MR) is 85.1 cm³/mol. The van der Waals surface area contributed by atoms with Crippen molar-refractivity contribution in [3.8, 4) is 0 Å². The lowest BCUT2D eigenvalue weighted by Gasteiger charge is -2.21. The second-order valence-corrected chi connectivity index (χ2v) is 6.24. The molecular formula is C16H18BrN3O. The van der Waals surface area contributed by atoms with Crippen molar-refractivity contribution >= 4 is 21.8 Å². The molecule has 0 radical (unpaired) electrons. The Morgan fingerprint density at radius 3 is 2.90 bits per heavy atom. The first-order valence-electron chi connectivity index (χ1n) is 7.25. The van der Waals surface area contributed by atoms with Crippen LogP contribution in [0.3, 0.4) is 0 Å². The van der Waals surface area contributed by atoms with E-state index in [2.05, 4.69) is 25.5 Å². The van der Waals surface area contributed by atoms with Crippen LogP contribution >= 0.6 is 15.9 Å². The van der Waals surface area contributed by atoms with Crippen LogP contribution in [-0.4, -0.2) is 26.9 Å². The third-order valence-electron chi connectivity index (χ3n) is 3.72. The van der Waals surface area contributed by atoms with Crippen molar-refractivity contribution in [2.45, 2.75) is 32.4 Å². The summed E-state index contributed by atoms with van der Waals surface area (Å²) in [5, 5.41) is 0. The summed E-state index contributed by atoms with van der Waals surface area (Å²) in [6.45, 7) is 3.22. The molecule has 1 saturated carbocycles. The average molecular weight is 348 g/mol. The molecule has 0 atom stereocenters. The van der Waals surface area contributed by atoms with Crippen molar-refractivity contribution in [2.24, 2.45) is 0 Å². The van der Waals surface area contributed by atoms with E-state index in [1.165, 1.54) is 0 Å². The zero-order valence-electron chi connectivity index (χ0n) is 12.0. The molecule has 3 rings (SSSR count). The topological polar surface area (TPSA) is 38.1 Å². The molecule has 2 aromatic heterocycles. The van der Waals surface area contributed by atoms with Gasteiger partial charge in [-0.15, -0.1) is 0 Å². The fourth-order valence-corrected chi connectivity index (χ4v) is 2.89. The van der Waals surface area contributed by atoms with E-state index in [-0.39, 0.29) is 5.91 Å². The summed E-state index contributed by atoms with van der Waals surface area (Å²) in [4.78, 5) is 18.9. The molecule has 1 aliphatic carbocycles. The first-order valence-corrected chi connectivity index (χ1v) is 8.05. The van der Waals surface area contributed by atoms with Crippen LogP contribution in [0.2, 0.25) is 0 Å². The Bertz CT molecular complexity index is 634. The molecule has 0 aliphatic heterocycles. The molecule has 2 aromatic rings. The second kappa shape index (κ2) is 6.02. The molecule has 0 unspecified atom stereocenters. The Hall–Kier alpha value is -1.62. The largest absolute Gasteiger partial charge is 0.339 e. The van der Waals surface area contributed by atoms with Gasteiger partial charge >= 0.3 is 0 Å². The zero-order valence-corrected chi connectivity index (χ0v) is 13.6. The Morgan fingerprint density at radius 1 is 1.48 bits per heavy atom. The quantitative estimate of drug-likeness (QED) is 0.827. The number of carbonyl (C=O) groups excluding carboxylic acids is 1. The number of carbonyl (C=O) groups is 1. The third-order valence-corrected chi connectivity index (χ3v) is 4.16. The highest BCUT2D eigenvalue weighted by Gasteiger charge is 2.29. The third kappa shape index (κ3) is 3.18. The van der Waals surface area contributed by atoms with E-state index in [4.69, 9.17) is 0 Å². The van der Waals surface area contributed by atoms with Crippen molar-refractivity contribution < 1.29 is 4.79 Å². The number of halogens is 1. The van der Waals surface area contributed by atoms with Crippen LogP contribution in [0.5, 0.6) is 0 Å². The minimum Gasteiger partial charge on any atom is -0.339 e. The van der Waals surface area contributed by atoms with Gasteiger partial charge in [-0.25, -0.2) is 0 Å². The Morgan fingerprint density at radius 2 is 2.29 bits per heavy atom. The molecular weight excluding hydrogens is 330 g/mol. The summed E-state index contributed by atoms with van der Waals surface area (Å²) in [7, 11) is 0. The molecule has 21 heavy (non-hydrogen) atoms. The van der Waals surface area contributed by atoms with Crippen molar-refractivity contribution in [3.63, 3.8) is 0 Å². The van der Waals surface area contributed by atoms with E-state index in [1.807, 2.05) is 42.3 Å². The van der Waals surface area contributed by atoms with Gasteiger partial charge in [-0.1, -0.05) is 6.07 Å². The summed E-state index contributed by atoms with van der Waals surface area (Å²) in [6.07, 6.45) is 6.10. The molecule has 4 nitrogen and oxygen atoms in total. The fourth-order valence-electron chi connectivity index (χ4n) is 2.45. The molecule has 1 fully saturated rings. The molecule has 0 saturated heterocycles. The molecule has 2 heterocycles. The van der Waals surface area contributed by atoms with E-state index in [1.54, 1.807) is 6.20 Å². The minimum atomic E-state index is 0.0701. The van der Waals surface area contributed by atoms with Crippen molar-refractivity contribution in [3.05, 3.63) is 52.5 Å². The Balaban J connectivity index is 1.82. The maximum atomic E-state index is 12.8. The SMILES string of the molecule is CCN(Cc1ccccn1)C(=O)c1cc(Br)cn1C1CC1. The molecule has 0 aromatic carbocycles. The van der Waals surface area contributed by atoms with Gasteiger partial charge in [0.25, 0.3) is 5.91 Å². The van der Waals surface area contributed by atoms with Crippen molar-refractivity contribution in [2.75, 3.05) is 6.54 Å². The van der Waals surface area contributed by atoms with Crippen LogP contribution in [0.25, 0.3) is 0 Å². The lowest BCUT2D eigenvalue weighted by atomic mass is 10.3. The summed E-state index contributed by atoms with van der Waals surface area (Å²) >= 11 is 3.48. The zero-order chi connectivity index (χ0) is 14.8. The molecule has 5 heteroatoms. The van der Waals surface area contributed by atoms with Crippen LogP contribution in [0.4, 0.5) is 0 Å². The predicted octanol–water partition coefficient (Wildman–Crippen LogP) is 3.64. The molecule has 1 amide bonds. The lowest BCUT2D eigenvalue weighted by molar-refractivity contribution is 0.0739. The maximum absolute atomic E-state index is 12.8. The summed E-state index contributed by atoms with van der Waals surface area (Å²) in [5.74, 6) is 0.0701. The standard InChI is InChI=1S/C16H18BrN3O/c1-2-19(11-13-5-3-4-8-18-13)16(21)15-9-12(17)10-20(15)14-6-7-14/h3-5,8-10,14H,2,6-7,11H2,1H3. The molecule has 0 N–H and O–H groups in total. The van der Waals surface area contributed by atoms with Gasteiger partial charge in [0.2, 0.25) is 0 Å². The molecule has 0 spiro atoms. The molecule has 0 bridgehead atoms. The minimum absolute atomic E-state index is 0.0701. The number of rotatable bonds is 5. The second-order valence-electron chi connectivity index (χ2n) is 5.32. The van der Waals surface area contributed by atoms with Gasteiger partial charge in [-0.3, -0.25) is 9.78 Å². The number of hydrogen-bond acceptors (Lipinski definition) is 2. The number of hydrogen-bond donors (Lipinski definition) is 0. The summed E-state index contributed by atoms with van der Waals surface area (Å²) in [5.41, 5.74) is 1.68. The average Bonchev–Trinajstić information content (AvgIpc) is 3.27. The van der Waals surface area contributed by atoms with Crippen molar-refractivity contribution in [1.82, 2.24) is 14.5 Å². The highest BCUT2D eigenvalue weighted by Crippen LogP contribution is 2.37. The van der Waals surface area contributed by atoms with E-state index in [9.17, 15) is 4.79 Å². The number of pyridine rings is 1. The van der Waals surface area contributed by atoms with Gasteiger partial charge in [0.15, 0.2) is 0 Å². The summed E-state index contributed by atoms with van der Waals surface area (Å²) < 4.78 is 3.07. The van der Waals surface area contributed by atoms with Crippen LogP contribution in [-0.2, 0) is 6.54 Å². The molecule has 1 aliphatic rings. The van der Waals surface area contributed by atoms with Gasteiger partial charge in [-0.05, 0) is 53.9 Å². The maximum Gasteiger partial charge on any atom is 0.270 e. The van der Waals surface area contributed by atoms with Crippen LogP contribution in [0.1, 0.15) is 42.0 Å². The van der Waals surface area contributed by atoms with Gasteiger partial charge in [0, 0.05) is 29.5 Å². The van der Waals surface area contributed by atoms with E-state index in [0.717, 1.165) is 28.7 Å². The molecule has 110 valence electrons. The van der Waals surface area contributed by atoms with Gasteiger partial charge in [-0.2, -0.15) is 0 Å². The Kier molecular flexibility index (Phi) is 4.10. The number of amides is 1. The number of nitrogens with zero attached hydrogens (tertiary/aromatic N) is 3. The van der Waals surface area contributed by atoms with Gasteiger partial charge in [0.1, 0.15) is 5.69 Å².